The average molecular weight is 271 g/mol. The lowest BCUT2D eigenvalue weighted by Gasteiger charge is -2.14. The van der Waals surface area contributed by atoms with E-state index in [1.165, 1.54) is 0 Å². The molecule has 1 aromatic heterocycles. The number of benzene rings is 1. The van der Waals surface area contributed by atoms with Crippen molar-refractivity contribution in [3.63, 3.8) is 0 Å². The molecule has 0 amide bonds. The highest BCUT2D eigenvalue weighted by Gasteiger charge is 2.18. The van der Waals surface area contributed by atoms with Gasteiger partial charge < -0.3 is 5.11 Å². The van der Waals surface area contributed by atoms with Gasteiger partial charge in [-0.2, -0.15) is 10.4 Å². The second-order valence-electron chi connectivity index (χ2n) is 5.49. The molecule has 0 saturated heterocycles. The van der Waals surface area contributed by atoms with Crippen molar-refractivity contribution in [1.29, 1.82) is 5.26 Å². The van der Waals surface area contributed by atoms with Crippen molar-refractivity contribution in [1.82, 2.24) is 9.78 Å². The van der Waals surface area contributed by atoms with Gasteiger partial charge in [0.2, 0.25) is 0 Å². The Morgan fingerprint density at radius 3 is 2.80 bits per heavy atom. The molecule has 5 nitrogen and oxygen atoms in total. The van der Waals surface area contributed by atoms with Crippen LogP contribution in [0.25, 0.3) is 10.9 Å². The maximum atomic E-state index is 11.2. The molecule has 1 heterocycles. The second kappa shape index (κ2) is 5.33. The fourth-order valence-corrected chi connectivity index (χ4v) is 2.18. The van der Waals surface area contributed by atoms with E-state index in [-0.39, 0.29) is 11.1 Å². The zero-order chi connectivity index (χ0) is 14.8. The summed E-state index contributed by atoms with van der Waals surface area (Å²) in [7, 11) is 0. The third-order valence-electron chi connectivity index (χ3n) is 3.33. The Morgan fingerprint density at radius 2 is 2.15 bits per heavy atom. The molecule has 1 N–H and O–H groups in total. The summed E-state index contributed by atoms with van der Waals surface area (Å²) < 4.78 is 1.71. The van der Waals surface area contributed by atoms with Crippen LogP contribution in [0.3, 0.4) is 0 Å². The highest BCUT2D eigenvalue weighted by atomic mass is 16.4. The summed E-state index contributed by atoms with van der Waals surface area (Å²) in [5.74, 6) is -1.02. The molecule has 5 heteroatoms. The molecule has 2 aromatic rings. The number of carboxylic acids is 1. The van der Waals surface area contributed by atoms with E-state index in [1.807, 2.05) is 26.0 Å². The maximum Gasteiger partial charge on any atom is 0.357 e. The van der Waals surface area contributed by atoms with Gasteiger partial charge in [-0.3, -0.25) is 4.68 Å². The van der Waals surface area contributed by atoms with Gasteiger partial charge in [0.25, 0.3) is 0 Å². The molecule has 0 aliphatic carbocycles. The second-order valence-corrected chi connectivity index (χ2v) is 5.49. The smallest absolute Gasteiger partial charge is 0.357 e. The quantitative estimate of drug-likeness (QED) is 0.906. The van der Waals surface area contributed by atoms with Crippen molar-refractivity contribution in [3.8, 4) is 6.07 Å². The van der Waals surface area contributed by atoms with E-state index >= 15 is 0 Å². The van der Waals surface area contributed by atoms with Crippen LogP contribution in [-0.2, 0) is 6.54 Å². The molecule has 0 radical (unpaired) electrons. The van der Waals surface area contributed by atoms with E-state index in [9.17, 15) is 9.90 Å². The normalized spacial score (nSPS) is 11.4. The van der Waals surface area contributed by atoms with Gasteiger partial charge in [0, 0.05) is 11.9 Å². The number of fused-ring (bicyclic) bond motifs is 1. The minimum absolute atomic E-state index is 0.0835. The third-order valence-corrected chi connectivity index (χ3v) is 3.33. The van der Waals surface area contributed by atoms with E-state index in [2.05, 4.69) is 11.2 Å². The summed E-state index contributed by atoms with van der Waals surface area (Å²) in [4.78, 5) is 11.2. The highest BCUT2D eigenvalue weighted by molar-refractivity contribution is 6.01. The lowest BCUT2D eigenvalue weighted by molar-refractivity contribution is 0.0691. The molecule has 0 unspecified atom stereocenters. The van der Waals surface area contributed by atoms with Gasteiger partial charge in [-0.1, -0.05) is 18.2 Å². The van der Waals surface area contributed by atoms with Crippen molar-refractivity contribution in [2.75, 3.05) is 0 Å². The average Bonchev–Trinajstić information content (AvgIpc) is 2.78. The number of aromatic carboxylic acids is 1. The molecular formula is C15H17N3O2. The number of para-hydroxylation sites is 1. The van der Waals surface area contributed by atoms with Crippen molar-refractivity contribution in [3.05, 3.63) is 30.0 Å². The minimum atomic E-state index is -1.02. The van der Waals surface area contributed by atoms with Crippen LogP contribution < -0.4 is 0 Å². The molecule has 0 fully saturated rings. The molecular weight excluding hydrogens is 254 g/mol. The molecule has 20 heavy (non-hydrogen) atoms. The van der Waals surface area contributed by atoms with Crippen molar-refractivity contribution in [2.45, 2.75) is 33.2 Å². The summed E-state index contributed by atoms with van der Waals surface area (Å²) in [6, 6.07) is 9.57. The van der Waals surface area contributed by atoms with Crippen molar-refractivity contribution < 1.29 is 9.90 Å². The first kappa shape index (κ1) is 14.1. The maximum absolute atomic E-state index is 11.2. The SMILES string of the molecule is CC(C)(C#N)CCCn1nc(C(=O)O)c2ccccc21. The molecule has 0 atom stereocenters. The monoisotopic (exact) mass is 271 g/mol. The number of hydrogen-bond acceptors (Lipinski definition) is 3. The first-order valence-electron chi connectivity index (χ1n) is 6.55. The molecule has 104 valence electrons. The molecule has 0 spiro atoms. The molecule has 0 aliphatic heterocycles. The van der Waals surface area contributed by atoms with Crippen LogP contribution in [-0.4, -0.2) is 20.9 Å². The van der Waals surface area contributed by atoms with Gasteiger partial charge in [-0.25, -0.2) is 4.79 Å². The topological polar surface area (TPSA) is 78.9 Å². The van der Waals surface area contributed by atoms with Crippen LogP contribution in [0.4, 0.5) is 0 Å². The Morgan fingerprint density at radius 1 is 1.45 bits per heavy atom. The standard InChI is InChI=1S/C15H17N3O2/c1-15(2,10-16)8-5-9-18-12-7-4-3-6-11(12)13(17-18)14(19)20/h3-4,6-7H,5,8-9H2,1-2H3,(H,19,20). The zero-order valence-electron chi connectivity index (χ0n) is 11.6. The highest BCUT2D eigenvalue weighted by Crippen LogP contribution is 2.23. The van der Waals surface area contributed by atoms with Gasteiger partial charge in [-0.05, 0) is 32.8 Å². The lowest BCUT2D eigenvalue weighted by atomic mass is 9.90. The van der Waals surface area contributed by atoms with E-state index in [0.717, 1.165) is 18.4 Å². The number of nitriles is 1. The van der Waals surface area contributed by atoms with Crippen LogP contribution >= 0.6 is 0 Å². The molecule has 0 bridgehead atoms. The Bertz CT molecular complexity index is 680. The number of hydrogen-bond donors (Lipinski definition) is 1. The van der Waals surface area contributed by atoms with Crippen LogP contribution in [0.15, 0.2) is 24.3 Å². The molecule has 0 saturated carbocycles. The first-order chi connectivity index (χ1) is 9.44. The lowest BCUT2D eigenvalue weighted by Crippen LogP contribution is -2.10. The zero-order valence-corrected chi connectivity index (χ0v) is 11.6. The van der Waals surface area contributed by atoms with Gasteiger partial charge >= 0.3 is 5.97 Å². The summed E-state index contributed by atoms with van der Waals surface area (Å²) in [5.41, 5.74) is 0.540. The van der Waals surface area contributed by atoms with Crippen LogP contribution in [0.1, 0.15) is 37.2 Å². The number of carboxylic acid groups (broad SMARTS) is 1. The summed E-state index contributed by atoms with van der Waals surface area (Å²) >= 11 is 0. The number of aromatic nitrogens is 2. The number of aryl methyl sites for hydroxylation is 1. The van der Waals surface area contributed by atoms with Crippen LogP contribution in [0.5, 0.6) is 0 Å². The number of rotatable bonds is 5. The van der Waals surface area contributed by atoms with Crippen molar-refractivity contribution >= 4 is 16.9 Å². The summed E-state index contributed by atoms with van der Waals surface area (Å²) in [6.07, 6.45) is 1.53. The summed E-state index contributed by atoms with van der Waals surface area (Å²) in [6.45, 7) is 4.41. The number of nitrogens with zero attached hydrogens (tertiary/aromatic N) is 3. The van der Waals surface area contributed by atoms with Gasteiger partial charge in [-0.15, -0.1) is 0 Å². The molecule has 0 aliphatic rings. The van der Waals surface area contributed by atoms with E-state index in [4.69, 9.17) is 5.26 Å². The Hall–Kier alpha value is -2.35. The predicted octanol–water partition coefficient (Wildman–Crippen LogP) is 3.06. The minimum Gasteiger partial charge on any atom is -0.476 e. The fourth-order valence-electron chi connectivity index (χ4n) is 2.18. The molecule has 1 aromatic carbocycles. The van der Waals surface area contributed by atoms with Gasteiger partial charge in [0.15, 0.2) is 5.69 Å². The number of carbonyl (C=O) groups is 1. The fraction of sp³-hybridized carbons (Fsp3) is 0.400. The Labute approximate surface area is 117 Å². The van der Waals surface area contributed by atoms with E-state index in [0.29, 0.717) is 11.9 Å². The molecule has 2 rings (SSSR count). The Kier molecular flexibility index (Phi) is 3.75. The largest absolute Gasteiger partial charge is 0.476 e. The summed E-state index contributed by atoms with van der Waals surface area (Å²) in [5, 5.41) is 23.0. The van der Waals surface area contributed by atoms with E-state index < -0.39 is 5.97 Å². The third kappa shape index (κ3) is 2.80. The van der Waals surface area contributed by atoms with Crippen LogP contribution in [0.2, 0.25) is 0 Å². The van der Waals surface area contributed by atoms with E-state index in [1.54, 1.807) is 16.8 Å². The van der Waals surface area contributed by atoms with Crippen LogP contribution in [0, 0.1) is 16.7 Å². The van der Waals surface area contributed by atoms with Gasteiger partial charge in [0.05, 0.1) is 17.0 Å². The first-order valence-corrected chi connectivity index (χ1v) is 6.55. The Balaban J connectivity index is 2.23. The van der Waals surface area contributed by atoms with Gasteiger partial charge in [0.1, 0.15) is 0 Å². The predicted molar refractivity (Wildman–Crippen MR) is 75.3 cm³/mol. The van der Waals surface area contributed by atoms with Crippen molar-refractivity contribution in [2.24, 2.45) is 5.41 Å².